The number of nitro groups is 1. The zero-order chi connectivity index (χ0) is 12.3. The predicted octanol–water partition coefficient (Wildman–Crippen LogP) is 0.975. The first-order valence-corrected chi connectivity index (χ1v) is 4.45. The molecule has 6 nitrogen and oxygen atoms in total. The van der Waals surface area contributed by atoms with Crippen LogP contribution in [-0.4, -0.2) is 23.1 Å². The zero-order valence-corrected chi connectivity index (χ0v) is 8.84. The molecule has 1 rings (SSSR count). The van der Waals surface area contributed by atoms with Gasteiger partial charge in [0.15, 0.2) is 5.60 Å². The van der Waals surface area contributed by atoms with Crippen molar-refractivity contribution < 1.29 is 19.6 Å². The lowest BCUT2D eigenvalue weighted by atomic mass is 9.96. The summed E-state index contributed by atoms with van der Waals surface area (Å²) >= 11 is 0. The smallest absolute Gasteiger partial charge is 0.342 e. The SMILES string of the molecule is COC(=O)C(C)(O)c1ccc([N+](=O)[O-])cc1. The number of nitro benzene ring substituents is 1. The van der Waals surface area contributed by atoms with Gasteiger partial charge in [0.2, 0.25) is 0 Å². The van der Waals surface area contributed by atoms with Gasteiger partial charge >= 0.3 is 5.97 Å². The maximum atomic E-state index is 11.2. The number of aliphatic hydroxyl groups is 1. The molecule has 0 saturated heterocycles. The van der Waals surface area contributed by atoms with Gasteiger partial charge in [-0.15, -0.1) is 0 Å². The number of benzene rings is 1. The number of carbonyl (C=O) groups is 1. The average Bonchev–Trinajstić information content (AvgIpc) is 2.28. The molecule has 1 atom stereocenters. The summed E-state index contributed by atoms with van der Waals surface area (Å²) in [6, 6.07) is 5.06. The molecule has 0 fully saturated rings. The highest BCUT2D eigenvalue weighted by atomic mass is 16.6. The van der Waals surface area contributed by atoms with Crippen LogP contribution in [0.2, 0.25) is 0 Å². The van der Waals surface area contributed by atoms with Gasteiger partial charge < -0.3 is 9.84 Å². The molecule has 6 heteroatoms. The number of esters is 1. The molecular formula is C10H11NO5. The maximum absolute atomic E-state index is 11.2. The highest BCUT2D eigenvalue weighted by molar-refractivity contribution is 5.80. The van der Waals surface area contributed by atoms with E-state index in [2.05, 4.69) is 4.74 Å². The van der Waals surface area contributed by atoms with Crippen molar-refractivity contribution in [2.24, 2.45) is 0 Å². The summed E-state index contributed by atoms with van der Waals surface area (Å²) < 4.78 is 4.42. The van der Waals surface area contributed by atoms with Gasteiger partial charge in [0.1, 0.15) is 0 Å². The summed E-state index contributed by atoms with van der Waals surface area (Å²) in [5.74, 6) is -0.818. The van der Waals surface area contributed by atoms with Crippen LogP contribution < -0.4 is 0 Å². The molecule has 0 aromatic heterocycles. The minimum absolute atomic E-state index is 0.107. The van der Waals surface area contributed by atoms with Crippen molar-refractivity contribution in [1.82, 2.24) is 0 Å². The second-order valence-electron chi connectivity index (χ2n) is 3.37. The van der Waals surface area contributed by atoms with E-state index in [1.54, 1.807) is 0 Å². The Morgan fingerprint density at radius 1 is 1.44 bits per heavy atom. The van der Waals surface area contributed by atoms with Crippen molar-refractivity contribution in [3.8, 4) is 0 Å². The van der Waals surface area contributed by atoms with Crippen LogP contribution in [0.4, 0.5) is 5.69 Å². The highest BCUT2D eigenvalue weighted by Gasteiger charge is 2.33. The third-order valence-corrected chi connectivity index (χ3v) is 2.22. The van der Waals surface area contributed by atoms with Crippen molar-refractivity contribution in [3.63, 3.8) is 0 Å². The van der Waals surface area contributed by atoms with Crippen molar-refractivity contribution in [1.29, 1.82) is 0 Å². The van der Waals surface area contributed by atoms with E-state index in [-0.39, 0.29) is 11.3 Å². The fraction of sp³-hybridized carbons (Fsp3) is 0.300. The molecule has 0 aliphatic rings. The van der Waals surface area contributed by atoms with E-state index in [1.165, 1.54) is 31.2 Å². The van der Waals surface area contributed by atoms with Crippen LogP contribution in [0, 0.1) is 10.1 Å². The van der Waals surface area contributed by atoms with Crippen molar-refractivity contribution >= 4 is 11.7 Å². The maximum Gasteiger partial charge on any atom is 0.342 e. The summed E-state index contributed by atoms with van der Waals surface area (Å²) in [5.41, 5.74) is -1.67. The third kappa shape index (κ3) is 2.17. The number of methoxy groups -OCH3 is 1. The second-order valence-corrected chi connectivity index (χ2v) is 3.37. The predicted molar refractivity (Wildman–Crippen MR) is 54.7 cm³/mol. The number of hydrogen-bond acceptors (Lipinski definition) is 5. The van der Waals surface area contributed by atoms with Crippen LogP contribution in [0.5, 0.6) is 0 Å². The van der Waals surface area contributed by atoms with Gasteiger partial charge in [-0.2, -0.15) is 0 Å². The Bertz CT molecular complexity index is 410. The number of rotatable bonds is 3. The van der Waals surface area contributed by atoms with Crippen LogP contribution in [0.3, 0.4) is 0 Å². The van der Waals surface area contributed by atoms with Gasteiger partial charge in [-0.25, -0.2) is 4.79 Å². The third-order valence-electron chi connectivity index (χ3n) is 2.22. The van der Waals surface area contributed by atoms with E-state index in [0.717, 1.165) is 7.11 Å². The molecular weight excluding hydrogens is 214 g/mol. The molecule has 0 radical (unpaired) electrons. The van der Waals surface area contributed by atoms with Gasteiger partial charge in [0.25, 0.3) is 5.69 Å². The monoisotopic (exact) mass is 225 g/mol. The molecule has 0 saturated carbocycles. The summed E-state index contributed by atoms with van der Waals surface area (Å²) in [4.78, 5) is 21.1. The fourth-order valence-electron chi connectivity index (χ4n) is 1.22. The quantitative estimate of drug-likeness (QED) is 0.470. The first-order valence-electron chi connectivity index (χ1n) is 4.45. The van der Waals surface area contributed by atoms with E-state index in [9.17, 15) is 20.0 Å². The largest absolute Gasteiger partial charge is 0.467 e. The first kappa shape index (κ1) is 12.1. The molecule has 1 unspecified atom stereocenters. The Morgan fingerprint density at radius 2 is 1.94 bits per heavy atom. The lowest BCUT2D eigenvalue weighted by Gasteiger charge is -2.20. The van der Waals surface area contributed by atoms with E-state index < -0.39 is 16.5 Å². The van der Waals surface area contributed by atoms with Gasteiger partial charge in [-0.1, -0.05) is 0 Å². The average molecular weight is 225 g/mol. The number of non-ortho nitro benzene ring substituents is 1. The van der Waals surface area contributed by atoms with Crippen LogP contribution in [0.25, 0.3) is 0 Å². The van der Waals surface area contributed by atoms with Gasteiger partial charge in [0, 0.05) is 12.1 Å². The molecule has 0 aliphatic heterocycles. The number of ether oxygens (including phenoxy) is 1. The topological polar surface area (TPSA) is 89.7 Å². The minimum Gasteiger partial charge on any atom is -0.467 e. The molecule has 1 aromatic rings. The van der Waals surface area contributed by atoms with E-state index in [0.29, 0.717) is 0 Å². The molecule has 0 amide bonds. The summed E-state index contributed by atoms with van der Waals surface area (Å²) in [6.45, 7) is 1.26. The summed E-state index contributed by atoms with van der Waals surface area (Å²) in [6.07, 6.45) is 0. The first-order chi connectivity index (χ1) is 7.39. The summed E-state index contributed by atoms with van der Waals surface area (Å²) in [5, 5.41) is 20.2. The molecule has 0 aliphatic carbocycles. The lowest BCUT2D eigenvalue weighted by molar-refractivity contribution is -0.384. The standard InChI is InChI=1S/C10H11NO5/c1-10(13,9(12)16-2)7-3-5-8(6-4-7)11(14)15/h3-6,13H,1-2H3. The normalized spacial score (nSPS) is 13.9. The Labute approximate surface area is 91.6 Å². The molecule has 1 aromatic carbocycles. The van der Waals surface area contributed by atoms with Crippen LogP contribution >= 0.6 is 0 Å². The van der Waals surface area contributed by atoms with Crippen LogP contribution in [0.1, 0.15) is 12.5 Å². The van der Waals surface area contributed by atoms with Gasteiger partial charge in [-0.05, 0) is 24.6 Å². The zero-order valence-electron chi connectivity index (χ0n) is 8.84. The minimum atomic E-state index is -1.80. The second kappa shape index (κ2) is 4.28. The summed E-state index contributed by atoms with van der Waals surface area (Å²) in [7, 11) is 1.15. The van der Waals surface area contributed by atoms with E-state index in [4.69, 9.17) is 0 Å². The Balaban J connectivity index is 3.06. The van der Waals surface area contributed by atoms with Gasteiger partial charge in [0.05, 0.1) is 12.0 Å². The van der Waals surface area contributed by atoms with Crippen LogP contribution in [0.15, 0.2) is 24.3 Å². The Kier molecular flexibility index (Phi) is 3.24. The lowest BCUT2D eigenvalue weighted by Crippen LogP contribution is -2.33. The van der Waals surface area contributed by atoms with E-state index >= 15 is 0 Å². The molecule has 0 heterocycles. The van der Waals surface area contributed by atoms with Crippen LogP contribution in [-0.2, 0) is 15.1 Å². The van der Waals surface area contributed by atoms with Crippen molar-refractivity contribution in [2.75, 3.05) is 7.11 Å². The molecule has 0 spiro atoms. The number of hydrogen-bond donors (Lipinski definition) is 1. The Hall–Kier alpha value is -1.95. The van der Waals surface area contributed by atoms with Gasteiger partial charge in [-0.3, -0.25) is 10.1 Å². The highest BCUT2D eigenvalue weighted by Crippen LogP contribution is 2.24. The Morgan fingerprint density at radius 3 is 2.31 bits per heavy atom. The van der Waals surface area contributed by atoms with Crippen molar-refractivity contribution in [2.45, 2.75) is 12.5 Å². The fourth-order valence-corrected chi connectivity index (χ4v) is 1.22. The molecule has 16 heavy (non-hydrogen) atoms. The van der Waals surface area contributed by atoms with E-state index in [1.807, 2.05) is 0 Å². The van der Waals surface area contributed by atoms with Crippen molar-refractivity contribution in [3.05, 3.63) is 39.9 Å². The number of carbonyl (C=O) groups excluding carboxylic acids is 1. The number of nitrogens with zero attached hydrogens (tertiary/aromatic N) is 1. The molecule has 1 N–H and O–H groups in total. The molecule has 86 valence electrons. The molecule has 0 bridgehead atoms.